The maximum Gasteiger partial charge on any atom is 0.281 e. The van der Waals surface area contributed by atoms with Gasteiger partial charge < -0.3 is 9.80 Å². The van der Waals surface area contributed by atoms with Crippen molar-refractivity contribution in [1.82, 2.24) is 17.8 Å². The zero-order valence-electron chi connectivity index (χ0n) is 29.1. The largest absolute Gasteiger partial charge is 0.378 e. The summed E-state index contributed by atoms with van der Waals surface area (Å²) >= 11 is 0. The molecule has 0 radical (unpaired) electrons. The molecule has 2 aromatic rings. The van der Waals surface area contributed by atoms with Crippen LogP contribution in [0.1, 0.15) is 82.1 Å². The molecule has 0 N–H and O–H groups in total. The fraction of sp³-hybridized carbons (Fsp3) is 0.667. The number of benzene rings is 2. The second-order valence-corrected chi connectivity index (χ2v) is 17.9. The fourth-order valence-corrected chi connectivity index (χ4v) is 10.9. The highest BCUT2D eigenvalue weighted by molar-refractivity contribution is 7.89. The van der Waals surface area contributed by atoms with Crippen molar-refractivity contribution >= 4 is 38.3 Å². The topological polar surface area (TPSA) is 84.5 Å². The van der Waals surface area contributed by atoms with Crippen LogP contribution in [0, 0.1) is 5.92 Å². The number of halogens is 1. The van der Waals surface area contributed by atoms with Crippen molar-refractivity contribution in [3.8, 4) is 0 Å². The normalized spacial score (nSPS) is 21.8. The Morgan fingerprint density at radius 3 is 1.75 bits per heavy atom. The molecular weight excluding hydrogens is 666 g/mol. The quantitative estimate of drug-likeness (QED) is 0.330. The summed E-state index contributed by atoms with van der Waals surface area (Å²) in [4.78, 5) is 4.76. The molecule has 2 saturated heterocycles. The van der Waals surface area contributed by atoms with Gasteiger partial charge in [0.2, 0.25) is 10.0 Å². The maximum absolute atomic E-state index is 14.1. The van der Waals surface area contributed by atoms with E-state index < -0.39 is 20.2 Å². The molecule has 0 amide bonds. The second kappa shape index (κ2) is 18.5. The summed E-state index contributed by atoms with van der Waals surface area (Å²) in [5, 5.41) is 0. The summed E-state index contributed by atoms with van der Waals surface area (Å²) < 4.78 is 61.0. The van der Waals surface area contributed by atoms with Gasteiger partial charge in [-0.1, -0.05) is 49.6 Å². The van der Waals surface area contributed by atoms with Gasteiger partial charge in [0.15, 0.2) is 0 Å². The van der Waals surface area contributed by atoms with Gasteiger partial charge in [0, 0.05) is 65.6 Å². The summed E-state index contributed by atoms with van der Waals surface area (Å²) in [5.74, 6) is 1.05. The Kier molecular flexibility index (Phi) is 15.0. The summed E-state index contributed by atoms with van der Waals surface area (Å²) in [6.45, 7) is 5.50. The van der Waals surface area contributed by atoms with Crippen molar-refractivity contribution in [1.29, 1.82) is 0 Å². The van der Waals surface area contributed by atoms with Gasteiger partial charge in [-0.3, -0.25) is 0 Å². The first kappa shape index (κ1) is 39.1. The molecule has 9 nitrogen and oxygen atoms in total. The van der Waals surface area contributed by atoms with Gasteiger partial charge >= 0.3 is 0 Å². The molecule has 3 aliphatic rings. The van der Waals surface area contributed by atoms with E-state index in [-0.39, 0.29) is 12.4 Å². The van der Waals surface area contributed by atoms with Crippen molar-refractivity contribution in [3.63, 3.8) is 0 Å². The molecule has 3 fully saturated rings. The van der Waals surface area contributed by atoms with E-state index in [2.05, 4.69) is 29.2 Å². The van der Waals surface area contributed by atoms with E-state index in [1.807, 2.05) is 37.2 Å². The first-order valence-corrected chi connectivity index (χ1v) is 20.8. The van der Waals surface area contributed by atoms with Crippen LogP contribution in [-0.2, 0) is 20.2 Å². The lowest BCUT2D eigenvalue weighted by Gasteiger charge is -2.35. The number of nitrogens with zero attached hydrogens (tertiary/aromatic N) is 5. The maximum atomic E-state index is 14.1. The predicted octanol–water partition coefficient (Wildman–Crippen LogP) is 6.05. The highest BCUT2D eigenvalue weighted by Crippen LogP contribution is 2.30. The third-order valence-corrected chi connectivity index (χ3v) is 14.4. The van der Waals surface area contributed by atoms with E-state index in [4.69, 9.17) is 0 Å². The third-order valence-electron chi connectivity index (χ3n) is 10.4. The molecule has 0 bridgehead atoms. The van der Waals surface area contributed by atoms with E-state index in [1.165, 1.54) is 37.7 Å². The van der Waals surface area contributed by atoms with Crippen LogP contribution in [-0.4, -0.2) is 108 Å². The Balaban J connectivity index is 0.00000520. The van der Waals surface area contributed by atoms with Crippen LogP contribution in [0.4, 0.5) is 5.69 Å². The molecule has 2 aromatic carbocycles. The first-order valence-electron chi connectivity index (χ1n) is 17.9. The molecule has 5 rings (SSSR count). The molecule has 2 heterocycles. The van der Waals surface area contributed by atoms with E-state index in [0.29, 0.717) is 68.8 Å². The zero-order valence-corrected chi connectivity index (χ0v) is 31.5. The van der Waals surface area contributed by atoms with Gasteiger partial charge in [-0.25, -0.2) is 8.42 Å². The van der Waals surface area contributed by atoms with Crippen molar-refractivity contribution in [3.05, 3.63) is 60.2 Å². The van der Waals surface area contributed by atoms with Crippen molar-refractivity contribution in [2.24, 2.45) is 5.92 Å². The standard InChI is InChI=1S/C36H57N5O4S2.ClH/c1-37(2)35-17-19-36(20-18-35)46(42,43)39-25-9-10-26-40(28-12-24-38(23-11-27-39)31-32-13-5-3-6-14-32)47(44,45)41-29-21-34(22-30-41)33-15-7-4-8-16-33;/h4,7-8,15-20,32,34H,3,5-6,9-14,21-31H2,1-2H3;1H. The molecule has 0 spiro atoms. The minimum absolute atomic E-state index is 0. The average Bonchev–Trinajstić information content (AvgIpc) is 3.11. The molecule has 0 unspecified atom stereocenters. The molecule has 2 aliphatic heterocycles. The molecule has 1 saturated carbocycles. The molecular formula is C36H58ClN5O4S2. The van der Waals surface area contributed by atoms with Gasteiger partial charge in [-0.2, -0.15) is 21.3 Å². The SMILES string of the molecule is CN(C)c1ccc(S(=O)(=O)N2CCCCN(S(=O)(=O)N3CCC(c4ccccc4)CC3)CCCN(CC3CCCCC3)CCC2)cc1.Cl. The van der Waals surface area contributed by atoms with Crippen LogP contribution in [0.5, 0.6) is 0 Å². The highest BCUT2D eigenvalue weighted by Gasteiger charge is 2.33. The molecule has 270 valence electrons. The Labute approximate surface area is 297 Å². The summed E-state index contributed by atoms with van der Waals surface area (Å²) in [6, 6.07) is 17.5. The second-order valence-electron chi connectivity index (χ2n) is 14.0. The highest BCUT2D eigenvalue weighted by atomic mass is 35.5. The van der Waals surface area contributed by atoms with Gasteiger partial charge in [0.25, 0.3) is 10.2 Å². The van der Waals surface area contributed by atoms with Crippen molar-refractivity contribution in [2.75, 3.05) is 77.9 Å². The minimum atomic E-state index is -3.68. The van der Waals surface area contributed by atoms with Crippen LogP contribution in [0.3, 0.4) is 0 Å². The average molecular weight is 724 g/mol. The lowest BCUT2D eigenvalue weighted by molar-refractivity contribution is 0.189. The number of sulfonamides is 1. The van der Waals surface area contributed by atoms with E-state index in [9.17, 15) is 16.8 Å². The van der Waals surface area contributed by atoms with Crippen molar-refractivity contribution < 1.29 is 16.8 Å². The van der Waals surface area contributed by atoms with E-state index in [1.54, 1.807) is 25.0 Å². The lowest BCUT2D eigenvalue weighted by Crippen LogP contribution is -2.48. The smallest absolute Gasteiger partial charge is 0.281 e. The van der Waals surface area contributed by atoms with Gasteiger partial charge in [-0.15, -0.1) is 12.4 Å². The van der Waals surface area contributed by atoms with E-state index in [0.717, 1.165) is 51.0 Å². The Hall–Kier alpha value is -1.73. The van der Waals surface area contributed by atoms with Gasteiger partial charge in [0.1, 0.15) is 0 Å². The number of rotatable bonds is 8. The van der Waals surface area contributed by atoms with Crippen LogP contribution < -0.4 is 4.90 Å². The number of hydrogen-bond acceptors (Lipinski definition) is 6. The number of anilines is 1. The number of piperidine rings is 1. The monoisotopic (exact) mass is 723 g/mol. The van der Waals surface area contributed by atoms with Crippen LogP contribution in [0.2, 0.25) is 0 Å². The van der Waals surface area contributed by atoms with Crippen LogP contribution in [0.15, 0.2) is 59.5 Å². The Morgan fingerprint density at radius 2 is 1.15 bits per heavy atom. The summed E-state index contributed by atoms with van der Waals surface area (Å²) in [6.07, 6.45) is 10.8. The zero-order chi connectivity index (χ0) is 33.3. The predicted molar refractivity (Wildman–Crippen MR) is 199 cm³/mol. The van der Waals surface area contributed by atoms with Crippen molar-refractivity contribution in [2.45, 2.75) is 81.4 Å². The molecule has 0 aromatic heterocycles. The molecule has 48 heavy (non-hydrogen) atoms. The molecule has 12 heteroatoms. The van der Waals surface area contributed by atoms with Gasteiger partial charge in [0.05, 0.1) is 4.90 Å². The Morgan fingerprint density at radius 1 is 0.604 bits per heavy atom. The molecule has 1 aliphatic carbocycles. The minimum Gasteiger partial charge on any atom is -0.378 e. The third kappa shape index (κ3) is 10.4. The summed E-state index contributed by atoms with van der Waals surface area (Å²) in [5.41, 5.74) is 2.25. The number of hydrogen-bond donors (Lipinski definition) is 0. The van der Waals surface area contributed by atoms with Crippen LogP contribution >= 0.6 is 12.4 Å². The Bertz CT molecular complexity index is 1450. The first-order chi connectivity index (χ1) is 22.6. The van der Waals surface area contributed by atoms with E-state index >= 15 is 0 Å². The van der Waals surface area contributed by atoms with Crippen LogP contribution in [0.25, 0.3) is 0 Å². The summed E-state index contributed by atoms with van der Waals surface area (Å²) in [7, 11) is -3.41. The fourth-order valence-electron chi connectivity index (χ4n) is 7.62. The lowest BCUT2D eigenvalue weighted by atomic mass is 9.89. The van der Waals surface area contributed by atoms with Gasteiger partial charge in [-0.05, 0) is 106 Å². The molecule has 0 atom stereocenters.